The van der Waals surface area contributed by atoms with Crippen LogP contribution in [-0.4, -0.2) is 24.3 Å². The van der Waals surface area contributed by atoms with Crippen molar-refractivity contribution in [3.05, 3.63) is 35.4 Å². The Labute approximate surface area is 116 Å². The van der Waals surface area contributed by atoms with Crippen molar-refractivity contribution in [2.45, 2.75) is 39.7 Å². The first-order chi connectivity index (χ1) is 9.04. The number of rotatable bonds is 4. The van der Waals surface area contributed by atoms with Gasteiger partial charge in [0.15, 0.2) is 0 Å². The van der Waals surface area contributed by atoms with E-state index >= 15 is 0 Å². The molecule has 2 rings (SSSR count). The van der Waals surface area contributed by atoms with Gasteiger partial charge in [0.05, 0.1) is 0 Å². The lowest BCUT2D eigenvalue weighted by Gasteiger charge is -2.29. The maximum atomic E-state index is 12.0. The number of carbonyl (C=O) groups is 1. The molecule has 1 aromatic carbocycles. The number of aryl methyl sites for hydroxylation is 1. The van der Waals surface area contributed by atoms with Gasteiger partial charge in [-0.05, 0) is 38.3 Å². The molecule has 2 heteroatoms. The fourth-order valence-corrected chi connectivity index (χ4v) is 3.07. The van der Waals surface area contributed by atoms with Crippen molar-refractivity contribution in [2.75, 3.05) is 13.6 Å². The van der Waals surface area contributed by atoms with Crippen LogP contribution in [-0.2, 0) is 11.3 Å². The summed E-state index contributed by atoms with van der Waals surface area (Å²) in [4.78, 5) is 14.2. The van der Waals surface area contributed by atoms with Crippen LogP contribution in [0.4, 0.5) is 0 Å². The molecule has 2 unspecified atom stereocenters. The second-order valence-electron chi connectivity index (χ2n) is 6.23. The Morgan fingerprint density at radius 2 is 2.16 bits per heavy atom. The summed E-state index contributed by atoms with van der Waals surface area (Å²) in [5.74, 6) is 1.42. The first kappa shape index (κ1) is 14.3. The predicted molar refractivity (Wildman–Crippen MR) is 79.0 cm³/mol. The van der Waals surface area contributed by atoms with Gasteiger partial charge in [-0.15, -0.1) is 0 Å². The Bertz CT molecular complexity index is 441. The number of nitrogens with zero attached hydrogens (tertiary/aromatic N) is 1. The second-order valence-corrected chi connectivity index (χ2v) is 6.23. The van der Waals surface area contributed by atoms with Crippen LogP contribution in [0, 0.1) is 18.8 Å². The largest absolute Gasteiger partial charge is 0.301 e. The number of ketones is 1. The lowest BCUT2D eigenvalue weighted by atomic mass is 9.81. The molecule has 1 saturated carbocycles. The molecule has 0 bridgehead atoms. The summed E-state index contributed by atoms with van der Waals surface area (Å²) in [6, 6.07) is 8.61. The standard InChI is InChI=1S/C17H25NO/c1-13-5-4-6-15(9-13)11-18(3)12-16-10-14(2)7-8-17(16)19/h4-6,9,14,16H,7-8,10-12H2,1-3H3. The van der Waals surface area contributed by atoms with Crippen LogP contribution in [0.3, 0.4) is 0 Å². The first-order valence-corrected chi connectivity index (χ1v) is 7.31. The average Bonchev–Trinajstić information content (AvgIpc) is 2.34. The summed E-state index contributed by atoms with van der Waals surface area (Å²) >= 11 is 0. The van der Waals surface area contributed by atoms with Gasteiger partial charge in [-0.3, -0.25) is 4.79 Å². The molecular weight excluding hydrogens is 234 g/mol. The molecule has 0 N–H and O–H groups in total. The zero-order valence-corrected chi connectivity index (χ0v) is 12.4. The van der Waals surface area contributed by atoms with Gasteiger partial charge in [-0.2, -0.15) is 0 Å². The molecule has 0 spiro atoms. The Hall–Kier alpha value is -1.15. The highest BCUT2D eigenvalue weighted by Crippen LogP contribution is 2.26. The van der Waals surface area contributed by atoms with Crippen molar-refractivity contribution in [3.8, 4) is 0 Å². The fraction of sp³-hybridized carbons (Fsp3) is 0.588. The van der Waals surface area contributed by atoms with E-state index in [-0.39, 0.29) is 5.92 Å². The Kier molecular flexibility index (Phi) is 4.76. The Balaban J connectivity index is 1.90. The smallest absolute Gasteiger partial charge is 0.137 e. The monoisotopic (exact) mass is 259 g/mol. The van der Waals surface area contributed by atoms with E-state index < -0.39 is 0 Å². The zero-order chi connectivity index (χ0) is 13.8. The molecule has 0 amide bonds. The predicted octanol–water partition coefficient (Wildman–Crippen LogP) is 3.43. The third-order valence-corrected chi connectivity index (χ3v) is 4.09. The van der Waals surface area contributed by atoms with Crippen LogP contribution < -0.4 is 0 Å². The van der Waals surface area contributed by atoms with Crippen LogP contribution in [0.25, 0.3) is 0 Å². The minimum absolute atomic E-state index is 0.249. The van der Waals surface area contributed by atoms with Crippen LogP contribution in [0.15, 0.2) is 24.3 Å². The van der Waals surface area contributed by atoms with Crippen LogP contribution in [0.5, 0.6) is 0 Å². The first-order valence-electron chi connectivity index (χ1n) is 7.31. The van der Waals surface area contributed by atoms with Crippen molar-refractivity contribution in [2.24, 2.45) is 11.8 Å². The normalized spacial score (nSPS) is 23.9. The summed E-state index contributed by atoms with van der Waals surface area (Å²) in [6.45, 7) is 6.22. The third-order valence-electron chi connectivity index (χ3n) is 4.09. The van der Waals surface area contributed by atoms with E-state index in [0.29, 0.717) is 11.7 Å². The van der Waals surface area contributed by atoms with E-state index in [1.54, 1.807) is 0 Å². The number of carbonyl (C=O) groups excluding carboxylic acids is 1. The fourth-order valence-electron chi connectivity index (χ4n) is 3.07. The molecule has 2 nitrogen and oxygen atoms in total. The van der Waals surface area contributed by atoms with Crippen molar-refractivity contribution in [3.63, 3.8) is 0 Å². The molecular formula is C17H25NO. The van der Waals surface area contributed by atoms with E-state index in [2.05, 4.69) is 50.1 Å². The van der Waals surface area contributed by atoms with Gasteiger partial charge in [-0.1, -0.05) is 36.8 Å². The second kappa shape index (κ2) is 6.33. The molecule has 1 aliphatic rings. The van der Waals surface area contributed by atoms with Gasteiger partial charge in [0.25, 0.3) is 0 Å². The van der Waals surface area contributed by atoms with Gasteiger partial charge >= 0.3 is 0 Å². The molecule has 0 heterocycles. The van der Waals surface area contributed by atoms with Crippen LogP contribution in [0.1, 0.15) is 37.3 Å². The molecule has 0 saturated heterocycles. The SMILES string of the molecule is Cc1cccc(CN(C)CC2CC(C)CCC2=O)c1. The molecule has 0 radical (unpaired) electrons. The number of benzene rings is 1. The van der Waals surface area contributed by atoms with Crippen molar-refractivity contribution in [1.82, 2.24) is 4.90 Å². The molecule has 0 aromatic heterocycles. The molecule has 0 aliphatic heterocycles. The maximum absolute atomic E-state index is 12.0. The highest BCUT2D eigenvalue weighted by molar-refractivity contribution is 5.81. The molecule has 1 fully saturated rings. The van der Waals surface area contributed by atoms with Gasteiger partial charge < -0.3 is 4.90 Å². The molecule has 2 atom stereocenters. The Morgan fingerprint density at radius 1 is 1.37 bits per heavy atom. The molecule has 104 valence electrons. The van der Waals surface area contributed by atoms with Crippen molar-refractivity contribution in [1.29, 1.82) is 0 Å². The highest BCUT2D eigenvalue weighted by Gasteiger charge is 2.27. The summed E-state index contributed by atoms with van der Waals surface area (Å²) in [6.07, 6.45) is 2.93. The average molecular weight is 259 g/mol. The van der Waals surface area contributed by atoms with Gasteiger partial charge in [-0.25, -0.2) is 0 Å². The van der Waals surface area contributed by atoms with Gasteiger partial charge in [0, 0.05) is 25.4 Å². The molecule has 19 heavy (non-hydrogen) atoms. The summed E-state index contributed by atoms with van der Waals surface area (Å²) < 4.78 is 0. The van der Waals surface area contributed by atoms with Crippen LogP contribution in [0.2, 0.25) is 0 Å². The van der Waals surface area contributed by atoms with E-state index in [4.69, 9.17) is 0 Å². The summed E-state index contributed by atoms with van der Waals surface area (Å²) in [5.41, 5.74) is 2.63. The van der Waals surface area contributed by atoms with E-state index in [1.807, 2.05) is 0 Å². The highest BCUT2D eigenvalue weighted by atomic mass is 16.1. The molecule has 1 aromatic rings. The summed E-state index contributed by atoms with van der Waals surface area (Å²) in [7, 11) is 2.12. The summed E-state index contributed by atoms with van der Waals surface area (Å²) in [5, 5.41) is 0. The number of hydrogen-bond donors (Lipinski definition) is 0. The lowest BCUT2D eigenvalue weighted by molar-refractivity contribution is -0.126. The maximum Gasteiger partial charge on any atom is 0.137 e. The minimum Gasteiger partial charge on any atom is -0.301 e. The topological polar surface area (TPSA) is 20.3 Å². The van der Waals surface area contributed by atoms with Gasteiger partial charge in [0.1, 0.15) is 5.78 Å². The number of hydrogen-bond acceptors (Lipinski definition) is 2. The van der Waals surface area contributed by atoms with E-state index in [1.165, 1.54) is 11.1 Å². The molecule has 1 aliphatic carbocycles. The zero-order valence-electron chi connectivity index (χ0n) is 12.4. The minimum atomic E-state index is 0.249. The van der Waals surface area contributed by atoms with Crippen molar-refractivity contribution >= 4 is 5.78 Å². The quantitative estimate of drug-likeness (QED) is 0.825. The van der Waals surface area contributed by atoms with Crippen molar-refractivity contribution < 1.29 is 4.79 Å². The van der Waals surface area contributed by atoms with Crippen LogP contribution >= 0.6 is 0 Å². The van der Waals surface area contributed by atoms with E-state index in [0.717, 1.165) is 32.4 Å². The van der Waals surface area contributed by atoms with Gasteiger partial charge in [0.2, 0.25) is 0 Å². The lowest BCUT2D eigenvalue weighted by Crippen LogP contribution is -2.34. The third kappa shape index (κ3) is 4.17. The Morgan fingerprint density at radius 3 is 2.89 bits per heavy atom. The van der Waals surface area contributed by atoms with E-state index in [9.17, 15) is 4.79 Å². The number of Topliss-reactive ketones (excluding diaryl/α,β-unsaturated/α-hetero) is 1.